The summed E-state index contributed by atoms with van der Waals surface area (Å²) >= 11 is 0. The average Bonchev–Trinajstić information content (AvgIpc) is 3.17. The Balaban J connectivity index is 2.00. The monoisotopic (exact) mass is 412 g/mol. The molecule has 3 rings (SSSR count). The number of aromatic carboxylic acids is 1. The lowest BCUT2D eigenvalue weighted by Gasteiger charge is -2.11. The lowest BCUT2D eigenvalue weighted by molar-refractivity contribution is 0.0510. The van der Waals surface area contributed by atoms with Gasteiger partial charge in [-0.05, 0) is 35.9 Å². The maximum atomic E-state index is 13.2. The van der Waals surface area contributed by atoms with Gasteiger partial charge in [0.2, 0.25) is 11.5 Å². The number of ether oxygens (including phenoxy) is 3. The molecule has 0 aliphatic heterocycles. The summed E-state index contributed by atoms with van der Waals surface area (Å²) in [7, 11) is 3.02. The Morgan fingerprint density at radius 1 is 1.10 bits per heavy atom. The van der Waals surface area contributed by atoms with Crippen LogP contribution < -0.4 is 15.2 Å². The second kappa shape index (κ2) is 9.05. The van der Waals surface area contributed by atoms with Crippen molar-refractivity contribution in [1.82, 2.24) is 15.0 Å². The molecule has 1 heterocycles. The average molecular weight is 412 g/mol. The third kappa shape index (κ3) is 4.39. The Kier molecular flexibility index (Phi) is 6.28. The minimum Gasteiger partial charge on any atom is -0.497 e. The highest BCUT2D eigenvalue weighted by Gasteiger charge is 2.27. The van der Waals surface area contributed by atoms with Gasteiger partial charge in [0.1, 0.15) is 17.2 Å². The Bertz CT molecular complexity index is 1060. The SMILES string of the molecule is COCOc1ccc(N)c(C(=O)c2c(C(=O)O)nnn2Cc2ccc(OC)cc2)c1. The first-order chi connectivity index (χ1) is 14.4. The van der Waals surface area contributed by atoms with E-state index in [9.17, 15) is 14.7 Å². The van der Waals surface area contributed by atoms with Gasteiger partial charge in [0.15, 0.2) is 6.79 Å². The number of ketones is 1. The molecule has 0 aliphatic carbocycles. The molecule has 156 valence electrons. The Morgan fingerprint density at radius 3 is 2.43 bits per heavy atom. The molecule has 0 saturated heterocycles. The molecule has 0 amide bonds. The van der Waals surface area contributed by atoms with Gasteiger partial charge in [0.25, 0.3) is 0 Å². The number of carboxylic acids is 1. The second-order valence-corrected chi connectivity index (χ2v) is 6.23. The van der Waals surface area contributed by atoms with E-state index in [0.29, 0.717) is 11.5 Å². The van der Waals surface area contributed by atoms with Gasteiger partial charge < -0.3 is 25.1 Å². The summed E-state index contributed by atoms with van der Waals surface area (Å²) in [6.07, 6.45) is 0. The van der Waals surface area contributed by atoms with Crippen molar-refractivity contribution in [3.8, 4) is 11.5 Å². The number of benzene rings is 2. The summed E-state index contributed by atoms with van der Waals surface area (Å²) in [5, 5.41) is 17.0. The molecule has 0 unspecified atom stereocenters. The quantitative estimate of drug-likeness (QED) is 0.306. The summed E-state index contributed by atoms with van der Waals surface area (Å²) in [5.74, 6) is -0.989. The number of hydrogen-bond donors (Lipinski definition) is 2. The molecule has 0 spiro atoms. The summed E-state index contributed by atoms with van der Waals surface area (Å²) in [5.41, 5.74) is 6.33. The first-order valence-electron chi connectivity index (χ1n) is 8.80. The number of nitrogen functional groups attached to an aromatic ring is 1. The van der Waals surface area contributed by atoms with E-state index in [2.05, 4.69) is 10.3 Å². The Morgan fingerprint density at radius 2 is 1.80 bits per heavy atom. The van der Waals surface area contributed by atoms with Crippen molar-refractivity contribution in [2.45, 2.75) is 6.54 Å². The molecular formula is C20H20N4O6. The molecule has 10 nitrogen and oxygen atoms in total. The van der Waals surface area contributed by atoms with Crippen molar-refractivity contribution < 1.29 is 28.9 Å². The minimum absolute atomic E-state index is 0.0190. The molecule has 0 fully saturated rings. The Labute approximate surface area is 171 Å². The molecule has 0 saturated carbocycles. The van der Waals surface area contributed by atoms with Gasteiger partial charge in [-0.15, -0.1) is 5.10 Å². The number of aromatic nitrogens is 3. The van der Waals surface area contributed by atoms with Crippen LogP contribution in [0.15, 0.2) is 42.5 Å². The maximum Gasteiger partial charge on any atom is 0.358 e. The Hall–Kier alpha value is -3.92. The van der Waals surface area contributed by atoms with Crippen molar-refractivity contribution in [2.75, 3.05) is 26.7 Å². The van der Waals surface area contributed by atoms with Gasteiger partial charge in [-0.1, -0.05) is 17.3 Å². The van der Waals surface area contributed by atoms with Crippen LogP contribution in [0.4, 0.5) is 5.69 Å². The highest BCUT2D eigenvalue weighted by atomic mass is 16.7. The second-order valence-electron chi connectivity index (χ2n) is 6.23. The molecular weight excluding hydrogens is 392 g/mol. The third-order valence-corrected chi connectivity index (χ3v) is 4.26. The number of nitrogens with zero attached hydrogens (tertiary/aromatic N) is 3. The molecule has 0 radical (unpaired) electrons. The van der Waals surface area contributed by atoms with E-state index >= 15 is 0 Å². The smallest absolute Gasteiger partial charge is 0.358 e. The van der Waals surface area contributed by atoms with Gasteiger partial charge in [0, 0.05) is 12.8 Å². The van der Waals surface area contributed by atoms with Crippen LogP contribution in [0.25, 0.3) is 0 Å². The van der Waals surface area contributed by atoms with E-state index in [1.807, 2.05) is 0 Å². The van der Waals surface area contributed by atoms with Crippen LogP contribution in [0.2, 0.25) is 0 Å². The molecule has 2 aromatic carbocycles. The van der Waals surface area contributed by atoms with Crippen LogP contribution in [0, 0.1) is 0 Å². The fourth-order valence-electron chi connectivity index (χ4n) is 2.77. The lowest BCUT2D eigenvalue weighted by Crippen LogP contribution is -2.17. The number of anilines is 1. The first kappa shape index (κ1) is 20.8. The predicted octanol–water partition coefficient (Wildman–Crippen LogP) is 1.83. The van der Waals surface area contributed by atoms with Crippen LogP contribution in [-0.2, 0) is 11.3 Å². The van der Waals surface area contributed by atoms with Gasteiger partial charge in [-0.3, -0.25) is 4.79 Å². The van der Waals surface area contributed by atoms with Crippen molar-refractivity contribution in [3.63, 3.8) is 0 Å². The number of hydrogen-bond acceptors (Lipinski definition) is 8. The van der Waals surface area contributed by atoms with Gasteiger partial charge in [-0.2, -0.15) is 0 Å². The van der Waals surface area contributed by atoms with E-state index in [1.54, 1.807) is 37.4 Å². The fourth-order valence-corrected chi connectivity index (χ4v) is 2.77. The molecule has 30 heavy (non-hydrogen) atoms. The number of carboxylic acid groups (broad SMARTS) is 1. The van der Waals surface area contributed by atoms with Crippen LogP contribution in [0.1, 0.15) is 32.1 Å². The normalized spacial score (nSPS) is 10.6. The standard InChI is InChI=1S/C20H20N4O6/c1-28-11-30-14-7-8-16(21)15(9-14)19(25)18-17(20(26)27)22-23-24(18)10-12-3-5-13(29-2)6-4-12/h3-9H,10-11,21H2,1-2H3,(H,26,27). The van der Waals surface area contributed by atoms with Gasteiger partial charge in [0.05, 0.1) is 19.2 Å². The van der Waals surface area contributed by atoms with Gasteiger partial charge >= 0.3 is 5.97 Å². The molecule has 10 heteroatoms. The summed E-state index contributed by atoms with van der Waals surface area (Å²) in [6.45, 7) is 0.111. The number of carbonyl (C=O) groups excluding carboxylic acids is 1. The maximum absolute atomic E-state index is 13.2. The van der Waals surface area contributed by atoms with Crippen molar-refractivity contribution in [2.24, 2.45) is 0 Å². The molecule has 1 aromatic heterocycles. The van der Waals surface area contributed by atoms with E-state index < -0.39 is 17.4 Å². The van der Waals surface area contributed by atoms with E-state index in [0.717, 1.165) is 5.56 Å². The number of carbonyl (C=O) groups is 2. The molecule has 0 bridgehead atoms. The molecule has 3 aromatic rings. The molecule has 0 aliphatic rings. The minimum atomic E-state index is -1.37. The molecule has 3 N–H and O–H groups in total. The topological polar surface area (TPSA) is 139 Å². The molecule has 0 atom stereocenters. The van der Waals surface area contributed by atoms with Crippen LogP contribution >= 0.6 is 0 Å². The number of nitrogens with two attached hydrogens (primary N) is 1. The van der Waals surface area contributed by atoms with Crippen molar-refractivity contribution in [1.29, 1.82) is 0 Å². The van der Waals surface area contributed by atoms with Crippen LogP contribution in [0.5, 0.6) is 11.5 Å². The number of rotatable bonds is 9. The highest BCUT2D eigenvalue weighted by molar-refractivity contribution is 6.15. The fraction of sp³-hybridized carbons (Fsp3) is 0.200. The van der Waals surface area contributed by atoms with E-state index in [1.165, 1.54) is 23.9 Å². The van der Waals surface area contributed by atoms with E-state index in [-0.39, 0.29) is 30.3 Å². The lowest BCUT2D eigenvalue weighted by atomic mass is 10.0. The highest BCUT2D eigenvalue weighted by Crippen LogP contribution is 2.24. The largest absolute Gasteiger partial charge is 0.497 e. The van der Waals surface area contributed by atoms with Crippen LogP contribution in [-0.4, -0.2) is 52.9 Å². The summed E-state index contributed by atoms with van der Waals surface area (Å²) in [4.78, 5) is 24.9. The van der Waals surface area contributed by atoms with E-state index in [4.69, 9.17) is 19.9 Å². The zero-order chi connectivity index (χ0) is 21.7. The van der Waals surface area contributed by atoms with Crippen LogP contribution in [0.3, 0.4) is 0 Å². The van der Waals surface area contributed by atoms with Crippen molar-refractivity contribution in [3.05, 3.63) is 65.0 Å². The third-order valence-electron chi connectivity index (χ3n) is 4.26. The zero-order valence-corrected chi connectivity index (χ0v) is 16.4. The zero-order valence-electron chi connectivity index (χ0n) is 16.4. The summed E-state index contributed by atoms with van der Waals surface area (Å²) < 4.78 is 16.6. The summed E-state index contributed by atoms with van der Waals surface area (Å²) in [6, 6.07) is 11.6. The van der Waals surface area contributed by atoms with Gasteiger partial charge in [-0.25, -0.2) is 9.48 Å². The van der Waals surface area contributed by atoms with Crippen molar-refractivity contribution >= 4 is 17.4 Å². The first-order valence-corrected chi connectivity index (χ1v) is 8.80. The number of methoxy groups -OCH3 is 2. The predicted molar refractivity (Wildman–Crippen MR) is 106 cm³/mol.